The van der Waals surface area contributed by atoms with Crippen molar-refractivity contribution in [3.63, 3.8) is 0 Å². The van der Waals surface area contributed by atoms with Gasteiger partial charge in [-0.15, -0.1) is 0 Å². The van der Waals surface area contributed by atoms with Crippen LogP contribution in [0.4, 0.5) is 13.2 Å². The Labute approximate surface area is 148 Å². The molecule has 1 fully saturated rings. The lowest BCUT2D eigenvalue weighted by Gasteiger charge is -2.18. The van der Waals surface area contributed by atoms with Gasteiger partial charge in [0.05, 0.1) is 0 Å². The van der Waals surface area contributed by atoms with Crippen molar-refractivity contribution in [1.82, 2.24) is 10.6 Å². The molecular weight excluding hydrogens is 345 g/mol. The van der Waals surface area contributed by atoms with E-state index < -0.39 is 23.6 Å². The molecule has 2 aromatic carbocycles. The predicted molar refractivity (Wildman–Crippen MR) is 88.6 cm³/mol. The number of halogens is 3. The minimum Gasteiger partial charge on any atom is -0.357 e. The summed E-state index contributed by atoms with van der Waals surface area (Å²) in [6.45, 7) is 0. The van der Waals surface area contributed by atoms with Gasteiger partial charge in [-0.05, 0) is 47.7 Å². The third kappa shape index (κ3) is 3.71. The molecule has 136 valence electrons. The number of rotatable bonds is 5. The first-order valence-corrected chi connectivity index (χ1v) is 8.13. The molecule has 4 nitrogen and oxygen atoms in total. The van der Waals surface area contributed by atoms with Crippen molar-refractivity contribution in [3.05, 3.63) is 71.0 Å². The van der Waals surface area contributed by atoms with Crippen LogP contribution >= 0.6 is 0 Å². The molecule has 2 aromatic rings. The monoisotopic (exact) mass is 362 g/mol. The fourth-order valence-corrected chi connectivity index (χ4v) is 2.95. The highest BCUT2D eigenvalue weighted by Gasteiger charge is 2.44. The van der Waals surface area contributed by atoms with E-state index in [2.05, 4.69) is 10.6 Å². The first kappa shape index (κ1) is 18.0. The normalized spacial score (nSPS) is 19.5. The summed E-state index contributed by atoms with van der Waals surface area (Å²) in [4.78, 5) is 24.6. The zero-order chi connectivity index (χ0) is 18.8. The third-order valence-corrected chi connectivity index (χ3v) is 4.50. The van der Waals surface area contributed by atoms with Crippen LogP contribution in [0.2, 0.25) is 0 Å². The molecule has 7 heteroatoms. The zero-order valence-corrected chi connectivity index (χ0v) is 13.9. The van der Waals surface area contributed by atoms with E-state index in [1.54, 1.807) is 12.1 Å². The van der Waals surface area contributed by atoms with Crippen LogP contribution in [0.1, 0.15) is 29.5 Å². The van der Waals surface area contributed by atoms with Crippen molar-refractivity contribution in [2.45, 2.75) is 18.4 Å². The number of amides is 2. The van der Waals surface area contributed by atoms with Crippen molar-refractivity contribution >= 4 is 11.8 Å². The Hall–Kier alpha value is -2.83. The number of carbonyl (C=O) groups is 2. The SMILES string of the molecule is CNC(=O)C(NC(=O)C1CC1c1ccc(F)cc1)c1ccc(F)c(F)c1. The largest absolute Gasteiger partial charge is 0.357 e. The van der Waals surface area contributed by atoms with Gasteiger partial charge < -0.3 is 10.6 Å². The van der Waals surface area contributed by atoms with E-state index in [-0.39, 0.29) is 29.1 Å². The molecule has 3 rings (SSSR count). The van der Waals surface area contributed by atoms with Gasteiger partial charge in [0.25, 0.3) is 0 Å². The van der Waals surface area contributed by atoms with Crippen LogP contribution in [0.5, 0.6) is 0 Å². The lowest BCUT2D eigenvalue weighted by atomic mass is 10.0. The maximum Gasteiger partial charge on any atom is 0.246 e. The predicted octanol–water partition coefficient (Wildman–Crippen LogP) is 2.81. The summed E-state index contributed by atoms with van der Waals surface area (Å²) in [5.74, 6) is -3.78. The standard InChI is InChI=1S/C19H17F3N2O2/c1-23-19(26)17(11-4-7-15(21)16(22)8-11)24-18(25)14-9-13(14)10-2-5-12(20)6-3-10/h2-8,13-14,17H,9H2,1H3,(H,23,26)(H,24,25). The molecule has 1 saturated carbocycles. The van der Waals surface area contributed by atoms with E-state index in [1.807, 2.05) is 0 Å². The lowest BCUT2D eigenvalue weighted by molar-refractivity contribution is -0.129. The Bertz CT molecular complexity index is 839. The van der Waals surface area contributed by atoms with Crippen LogP contribution in [0.3, 0.4) is 0 Å². The van der Waals surface area contributed by atoms with E-state index in [4.69, 9.17) is 0 Å². The Morgan fingerprint density at radius 1 is 1.04 bits per heavy atom. The van der Waals surface area contributed by atoms with Gasteiger partial charge in [0.15, 0.2) is 11.6 Å². The third-order valence-electron chi connectivity index (χ3n) is 4.50. The fraction of sp³-hybridized carbons (Fsp3) is 0.263. The van der Waals surface area contributed by atoms with Crippen LogP contribution in [-0.4, -0.2) is 18.9 Å². The highest BCUT2D eigenvalue weighted by molar-refractivity contribution is 5.90. The molecule has 26 heavy (non-hydrogen) atoms. The molecule has 3 atom stereocenters. The summed E-state index contributed by atoms with van der Waals surface area (Å²) in [7, 11) is 1.39. The van der Waals surface area contributed by atoms with Crippen LogP contribution < -0.4 is 10.6 Å². The molecular formula is C19H17F3N2O2. The second kappa shape index (κ2) is 7.19. The highest BCUT2D eigenvalue weighted by atomic mass is 19.2. The summed E-state index contributed by atoms with van der Waals surface area (Å²) in [5.41, 5.74) is 0.992. The Balaban J connectivity index is 1.73. The van der Waals surface area contributed by atoms with Crippen molar-refractivity contribution in [2.75, 3.05) is 7.05 Å². The van der Waals surface area contributed by atoms with Crippen LogP contribution in [0.15, 0.2) is 42.5 Å². The molecule has 1 aliphatic rings. The fourth-order valence-electron chi connectivity index (χ4n) is 2.95. The number of nitrogens with one attached hydrogen (secondary N) is 2. The maximum absolute atomic E-state index is 13.5. The van der Waals surface area contributed by atoms with Crippen molar-refractivity contribution < 1.29 is 22.8 Å². The average molecular weight is 362 g/mol. The van der Waals surface area contributed by atoms with Crippen molar-refractivity contribution in [3.8, 4) is 0 Å². The molecule has 0 aromatic heterocycles. The van der Waals surface area contributed by atoms with Gasteiger partial charge in [-0.3, -0.25) is 9.59 Å². The Morgan fingerprint density at radius 3 is 2.35 bits per heavy atom. The Kier molecular flexibility index (Phi) is 4.97. The Morgan fingerprint density at radius 2 is 1.73 bits per heavy atom. The number of carbonyl (C=O) groups excluding carboxylic acids is 2. The second-order valence-electron chi connectivity index (χ2n) is 6.23. The maximum atomic E-state index is 13.5. The van der Waals surface area contributed by atoms with E-state index in [0.29, 0.717) is 6.42 Å². The minimum atomic E-state index is -1.13. The van der Waals surface area contributed by atoms with Gasteiger partial charge in [-0.1, -0.05) is 18.2 Å². The van der Waals surface area contributed by atoms with E-state index in [0.717, 1.165) is 17.7 Å². The van der Waals surface area contributed by atoms with Gasteiger partial charge in [-0.25, -0.2) is 13.2 Å². The summed E-state index contributed by atoms with van der Waals surface area (Å²) >= 11 is 0. The molecule has 2 amide bonds. The van der Waals surface area contributed by atoms with Gasteiger partial charge in [0.1, 0.15) is 11.9 Å². The lowest BCUT2D eigenvalue weighted by Crippen LogP contribution is -2.40. The molecule has 2 N–H and O–H groups in total. The summed E-state index contributed by atoms with van der Waals surface area (Å²) in [6, 6.07) is 7.83. The number of hydrogen-bond acceptors (Lipinski definition) is 2. The van der Waals surface area contributed by atoms with Crippen LogP contribution in [0.25, 0.3) is 0 Å². The average Bonchev–Trinajstić information content (AvgIpc) is 3.43. The molecule has 0 radical (unpaired) electrons. The second-order valence-corrected chi connectivity index (χ2v) is 6.23. The molecule has 0 heterocycles. The van der Waals surface area contributed by atoms with Gasteiger partial charge in [0, 0.05) is 13.0 Å². The molecule has 0 spiro atoms. The molecule has 0 bridgehead atoms. The van der Waals surface area contributed by atoms with E-state index in [1.165, 1.54) is 25.2 Å². The van der Waals surface area contributed by atoms with Crippen molar-refractivity contribution in [2.24, 2.45) is 5.92 Å². The van der Waals surface area contributed by atoms with Crippen LogP contribution in [-0.2, 0) is 9.59 Å². The highest BCUT2D eigenvalue weighted by Crippen LogP contribution is 2.47. The van der Waals surface area contributed by atoms with Gasteiger partial charge in [-0.2, -0.15) is 0 Å². The summed E-state index contributed by atoms with van der Waals surface area (Å²) in [5, 5.41) is 4.99. The quantitative estimate of drug-likeness (QED) is 0.859. The van der Waals surface area contributed by atoms with Gasteiger partial charge >= 0.3 is 0 Å². The number of hydrogen-bond donors (Lipinski definition) is 2. The van der Waals surface area contributed by atoms with Crippen molar-refractivity contribution in [1.29, 1.82) is 0 Å². The first-order valence-electron chi connectivity index (χ1n) is 8.13. The summed E-state index contributed by atoms with van der Waals surface area (Å²) < 4.78 is 39.6. The number of benzene rings is 2. The smallest absolute Gasteiger partial charge is 0.246 e. The van der Waals surface area contributed by atoms with E-state index >= 15 is 0 Å². The van der Waals surface area contributed by atoms with Crippen LogP contribution in [0, 0.1) is 23.4 Å². The number of likely N-dealkylation sites (N-methyl/N-ethyl adjacent to an activating group) is 1. The molecule has 3 unspecified atom stereocenters. The molecule has 0 aliphatic heterocycles. The first-order chi connectivity index (χ1) is 12.4. The summed E-state index contributed by atoms with van der Waals surface area (Å²) in [6.07, 6.45) is 0.579. The minimum absolute atomic E-state index is 0.0501. The van der Waals surface area contributed by atoms with E-state index in [9.17, 15) is 22.8 Å². The van der Waals surface area contributed by atoms with Gasteiger partial charge in [0.2, 0.25) is 11.8 Å². The zero-order valence-electron chi connectivity index (χ0n) is 13.9. The molecule has 0 saturated heterocycles. The topological polar surface area (TPSA) is 58.2 Å². The molecule has 1 aliphatic carbocycles.